The molecule has 4 aromatic rings. The van der Waals surface area contributed by atoms with E-state index in [2.05, 4.69) is 15.5 Å². The Morgan fingerprint density at radius 1 is 1.13 bits per heavy atom. The molecule has 0 bridgehead atoms. The van der Waals surface area contributed by atoms with Crippen LogP contribution in [0.1, 0.15) is 21.7 Å². The number of carbonyl (C=O) groups is 2. The summed E-state index contributed by atoms with van der Waals surface area (Å²) in [6, 6.07) is 12.7. The molecule has 0 saturated heterocycles. The molecular formula is C26H25ClN4O5S2. The van der Waals surface area contributed by atoms with Gasteiger partial charge in [0.1, 0.15) is 28.7 Å². The lowest BCUT2D eigenvalue weighted by Crippen LogP contribution is -2.16. The van der Waals surface area contributed by atoms with Crippen LogP contribution in [0.15, 0.2) is 53.0 Å². The first-order valence-corrected chi connectivity index (χ1v) is 13.6. The summed E-state index contributed by atoms with van der Waals surface area (Å²) >= 11 is 8.49. The fourth-order valence-electron chi connectivity index (χ4n) is 3.54. The van der Waals surface area contributed by atoms with Crippen molar-refractivity contribution in [1.29, 1.82) is 0 Å². The maximum Gasteiger partial charge on any atom is 0.341 e. The van der Waals surface area contributed by atoms with Gasteiger partial charge in [-0.3, -0.25) is 4.79 Å². The SMILES string of the molecule is COC(=O)c1c(-c2ccc(OC)cc2)csc1NC(=O)CSc1nnc(COc2ccc(Cl)cc2C)n1C. The predicted molar refractivity (Wildman–Crippen MR) is 149 cm³/mol. The van der Waals surface area contributed by atoms with Crippen molar-refractivity contribution in [3.05, 3.63) is 69.8 Å². The van der Waals surface area contributed by atoms with Crippen LogP contribution in [0.2, 0.25) is 5.02 Å². The van der Waals surface area contributed by atoms with Gasteiger partial charge in [-0.15, -0.1) is 21.5 Å². The molecule has 198 valence electrons. The number of nitrogens with one attached hydrogen (secondary N) is 1. The standard InChI is InChI=1S/C26H25ClN4O5S2/c1-15-11-17(27)7-10-20(15)36-12-21-29-30-26(31(21)2)38-14-22(32)28-24-23(25(33)35-4)19(13-37-24)16-5-8-18(34-3)9-6-16/h5-11,13H,12,14H2,1-4H3,(H,28,32). The minimum absolute atomic E-state index is 0.0690. The van der Waals surface area contributed by atoms with Gasteiger partial charge in [-0.2, -0.15) is 0 Å². The quantitative estimate of drug-likeness (QED) is 0.193. The Labute approximate surface area is 233 Å². The Morgan fingerprint density at radius 3 is 2.58 bits per heavy atom. The molecule has 2 aromatic carbocycles. The number of benzene rings is 2. The summed E-state index contributed by atoms with van der Waals surface area (Å²) in [6.45, 7) is 2.13. The van der Waals surface area contributed by atoms with E-state index in [9.17, 15) is 9.59 Å². The molecule has 0 atom stereocenters. The van der Waals surface area contributed by atoms with E-state index in [1.54, 1.807) is 35.9 Å². The van der Waals surface area contributed by atoms with Crippen LogP contribution in [0.4, 0.5) is 5.00 Å². The van der Waals surface area contributed by atoms with Crippen molar-refractivity contribution in [2.24, 2.45) is 7.05 Å². The van der Waals surface area contributed by atoms with Gasteiger partial charge in [-0.1, -0.05) is 35.5 Å². The van der Waals surface area contributed by atoms with Crippen molar-refractivity contribution >= 4 is 51.6 Å². The van der Waals surface area contributed by atoms with E-state index in [4.69, 9.17) is 25.8 Å². The summed E-state index contributed by atoms with van der Waals surface area (Å²) in [4.78, 5) is 25.4. The largest absolute Gasteiger partial charge is 0.497 e. The van der Waals surface area contributed by atoms with Crippen molar-refractivity contribution in [1.82, 2.24) is 14.8 Å². The predicted octanol–water partition coefficient (Wildman–Crippen LogP) is 5.61. The van der Waals surface area contributed by atoms with Gasteiger partial charge in [0.2, 0.25) is 5.91 Å². The number of rotatable bonds is 10. The summed E-state index contributed by atoms with van der Waals surface area (Å²) in [5, 5.41) is 14.6. The van der Waals surface area contributed by atoms with Gasteiger partial charge in [0.15, 0.2) is 11.0 Å². The van der Waals surface area contributed by atoms with Gasteiger partial charge in [0.25, 0.3) is 0 Å². The van der Waals surface area contributed by atoms with Gasteiger partial charge in [-0.25, -0.2) is 4.79 Å². The van der Waals surface area contributed by atoms with Crippen molar-refractivity contribution < 1.29 is 23.8 Å². The number of hydrogen-bond donors (Lipinski definition) is 1. The van der Waals surface area contributed by atoms with Crippen LogP contribution in [0.3, 0.4) is 0 Å². The summed E-state index contributed by atoms with van der Waals surface area (Å²) in [5.74, 6) is 1.26. The third-order valence-corrected chi connectivity index (χ3v) is 7.74. The van der Waals surface area contributed by atoms with E-state index in [1.807, 2.05) is 37.6 Å². The van der Waals surface area contributed by atoms with Crippen molar-refractivity contribution in [3.8, 4) is 22.6 Å². The van der Waals surface area contributed by atoms with Crippen LogP contribution >= 0.6 is 34.7 Å². The number of nitrogens with zero attached hydrogens (tertiary/aromatic N) is 3. The molecule has 12 heteroatoms. The summed E-state index contributed by atoms with van der Waals surface area (Å²) in [6.07, 6.45) is 0. The van der Waals surface area contributed by atoms with E-state index in [1.165, 1.54) is 30.2 Å². The maximum atomic E-state index is 12.8. The van der Waals surface area contributed by atoms with E-state index in [-0.39, 0.29) is 18.3 Å². The Kier molecular flexibility index (Phi) is 8.93. The highest BCUT2D eigenvalue weighted by Gasteiger charge is 2.23. The number of halogens is 1. The molecule has 1 N–H and O–H groups in total. The second-order valence-electron chi connectivity index (χ2n) is 8.07. The van der Waals surface area contributed by atoms with Gasteiger partial charge < -0.3 is 24.1 Å². The zero-order valence-electron chi connectivity index (χ0n) is 21.1. The molecule has 0 fully saturated rings. The molecule has 0 unspecified atom stereocenters. The molecule has 0 aliphatic carbocycles. The molecule has 0 aliphatic rings. The molecule has 0 radical (unpaired) electrons. The number of thioether (sulfide) groups is 1. The maximum absolute atomic E-state index is 12.8. The van der Waals surface area contributed by atoms with Crippen molar-refractivity contribution in [2.45, 2.75) is 18.7 Å². The lowest BCUT2D eigenvalue weighted by Gasteiger charge is -2.09. The molecule has 38 heavy (non-hydrogen) atoms. The number of amides is 1. The number of carbonyl (C=O) groups excluding carboxylic acids is 2. The van der Waals surface area contributed by atoms with Crippen LogP contribution in [0, 0.1) is 6.92 Å². The molecule has 0 saturated carbocycles. The number of aromatic nitrogens is 3. The van der Waals surface area contributed by atoms with Crippen molar-refractivity contribution in [2.75, 3.05) is 25.3 Å². The topological polar surface area (TPSA) is 105 Å². The van der Waals surface area contributed by atoms with E-state index in [0.29, 0.717) is 43.6 Å². The van der Waals surface area contributed by atoms with Gasteiger partial charge in [-0.05, 0) is 48.4 Å². The number of methoxy groups -OCH3 is 2. The fourth-order valence-corrected chi connectivity index (χ4v) is 5.47. The van der Waals surface area contributed by atoms with Crippen LogP contribution in [-0.2, 0) is 23.2 Å². The van der Waals surface area contributed by atoms with Gasteiger partial charge in [0, 0.05) is 23.0 Å². The highest BCUT2D eigenvalue weighted by molar-refractivity contribution is 7.99. The first kappa shape index (κ1) is 27.5. The number of aryl methyl sites for hydroxylation is 1. The van der Waals surface area contributed by atoms with Crippen LogP contribution in [-0.4, -0.2) is 46.6 Å². The molecule has 0 aliphatic heterocycles. The Balaban J connectivity index is 1.40. The van der Waals surface area contributed by atoms with Crippen LogP contribution < -0.4 is 14.8 Å². The molecule has 2 aromatic heterocycles. The molecule has 9 nitrogen and oxygen atoms in total. The van der Waals surface area contributed by atoms with Crippen LogP contribution in [0.25, 0.3) is 11.1 Å². The molecule has 2 heterocycles. The zero-order valence-corrected chi connectivity index (χ0v) is 23.5. The van der Waals surface area contributed by atoms with Crippen molar-refractivity contribution in [3.63, 3.8) is 0 Å². The lowest BCUT2D eigenvalue weighted by atomic mass is 10.0. The number of thiophene rings is 1. The first-order chi connectivity index (χ1) is 18.3. The summed E-state index contributed by atoms with van der Waals surface area (Å²) in [7, 11) is 4.70. The number of ether oxygens (including phenoxy) is 3. The highest BCUT2D eigenvalue weighted by atomic mass is 35.5. The Bertz CT molecular complexity index is 1450. The number of esters is 1. The van der Waals surface area contributed by atoms with Crippen LogP contribution in [0.5, 0.6) is 11.5 Å². The second-order valence-corrected chi connectivity index (χ2v) is 10.3. The fraction of sp³-hybridized carbons (Fsp3) is 0.231. The normalized spacial score (nSPS) is 10.8. The summed E-state index contributed by atoms with van der Waals surface area (Å²) < 4.78 is 17.8. The Hall–Kier alpha value is -3.54. The monoisotopic (exact) mass is 572 g/mol. The third-order valence-electron chi connectivity index (χ3n) is 5.59. The molecule has 0 spiro atoms. The minimum atomic E-state index is -0.533. The highest BCUT2D eigenvalue weighted by Crippen LogP contribution is 2.37. The average molecular weight is 573 g/mol. The smallest absolute Gasteiger partial charge is 0.341 e. The first-order valence-electron chi connectivity index (χ1n) is 11.3. The Morgan fingerprint density at radius 2 is 1.89 bits per heavy atom. The summed E-state index contributed by atoms with van der Waals surface area (Å²) in [5.41, 5.74) is 2.69. The number of anilines is 1. The third kappa shape index (κ3) is 6.29. The van der Waals surface area contributed by atoms with Gasteiger partial charge >= 0.3 is 5.97 Å². The minimum Gasteiger partial charge on any atom is -0.497 e. The second kappa shape index (κ2) is 12.3. The number of hydrogen-bond acceptors (Lipinski definition) is 9. The van der Waals surface area contributed by atoms with Gasteiger partial charge in [0.05, 0.1) is 20.0 Å². The molecular weight excluding hydrogens is 548 g/mol. The van der Waals surface area contributed by atoms with E-state index in [0.717, 1.165) is 11.1 Å². The molecule has 1 amide bonds. The lowest BCUT2D eigenvalue weighted by molar-refractivity contribution is -0.113. The zero-order chi connectivity index (χ0) is 27.2. The average Bonchev–Trinajstić information content (AvgIpc) is 3.49. The van der Waals surface area contributed by atoms with E-state index < -0.39 is 5.97 Å². The van der Waals surface area contributed by atoms with E-state index >= 15 is 0 Å². The molecule has 4 rings (SSSR count).